The van der Waals surface area contributed by atoms with Crippen LogP contribution >= 0.6 is 11.8 Å². The van der Waals surface area contributed by atoms with E-state index in [0.717, 1.165) is 32.1 Å². The van der Waals surface area contributed by atoms with Crippen LogP contribution in [0.5, 0.6) is 0 Å². The van der Waals surface area contributed by atoms with Gasteiger partial charge < -0.3 is 5.32 Å². The molecule has 1 saturated carbocycles. The van der Waals surface area contributed by atoms with Crippen molar-refractivity contribution in [1.29, 1.82) is 0 Å². The number of aromatic nitrogens is 2. The molecule has 1 aromatic heterocycles. The van der Waals surface area contributed by atoms with E-state index < -0.39 is 12.0 Å². The molecule has 2 rings (SSSR count). The fourth-order valence-electron chi connectivity index (χ4n) is 2.13. The number of anilines is 1. The summed E-state index contributed by atoms with van der Waals surface area (Å²) in [4.78, 5) is 7.22. The number of rotatable bonds is 5. The van der Waals surface area contributed by atoms with Crippen molar-refractivity contribution >= 4 is 17.6 Å². The van der Waals surface area contributed by atoms with Crippen molar-refractivity contribution in [3.63, 3.8) is 0 Å². The average molecular weight is 305 g/mol. The molecule has 20 heavy (non-hydrogen) atoms. The number of hydrogen-bond donors (Lipinski definition) is 1. The number of nitrogens with zero attached hydrogens (tertiary/aromatic N) is 2. The van der Waals surface area contributed by atoms with Crippen LogP contribution < -0.4 is 5.32 Å². The molecule has 0 bridgehead atoms. The van der Waals surface area contributed by atoms with E-state index in [4.69, 9.17) is 0 Å². The van der Waals surface area contributed by atoms with Gasteiger partial charge in [0, 0.05) is 17.9 Å². The van der Waals surface area contributed by atoms with Gasteiger partial charge in [0.25, 0.3) is 0 Å². The third-order valence-electron chi connectivity index (χ3n) is 3.10. The molecule has 0 spiro atoms. The minimum atomic E-state index is -4.51. The number of thioether (sulfide) groups is 1. The minimum absolute atomic E-state index is 0.259. The van der Waals surface area contributed by atoms with E-state index in [2.05, 4.69) is 15.3 Å². The first-order chi connectivity index (χ1) is 9.49. The lowest BCUT2D eigenvalue weighted by Crippen LogP contribution is -2.14. The number of halogens is 3. The van der Waals surface area contributed by atoms with Crippen LogP contribution in [0, 0.1) is 0 Å². The van der Waals surface area contributed by atoms with E-state index in [1.807, 2.05) is 6.92 Å². The van der Waals surface area contributed by atoms with Crippen LogP contribution in [0.1, 0.15) is 44.9 Å². The van der Waals surface area contributed by atoms with Gasteiger partial charge in [-0.25, -0.2) is 9.97 Å². The molecule has 0 aromatic carbocycles. The van der Waals surface area contributed by atoms with Gasteiger partial charge in [-0.05, 0) is 19.3 Å². The Bertz CT molecular complexity index is 445. The lowest BCUT2D eigenvalue weighted by molar-refractivity contribution is -0.145. The first kappa shape index (κ1) is 15.4. The second-order valence-electron chi connectivity index (χ2n) is 4.86. The van der Waals surface area contributed by atoms with E-state index >= 15 is 0 Å². The van der Waals surface area contributed by atoms with Gasteiger partial charge in [-0.3, -0.25) is 0 Å². The van der Waals surface area contributed by atoms with Crippen molar-refractivity contribution < 1.29 is 13.2 Å². The summed E-state index contributed by atoms with van der Waals surface area (Å²) in [5.74, 6) is -0.797. The van der Waals surface area contributed by atoms with Crippen molar-refractivity contribution in [2.75, 3.05) is 11.9 Å². The maximum Gasteiger partial charge on any atom is 0.451 e. The van der Waals surface area contributed by atoms with Crippen molar-refractivity contribution in [2.45, 2.75) is 55.5 Å². The summed E-state index contributed by atoms with van der Waals surface area (Å²) in [5.41, 5.74) is 0. The number of nitrogens with one attached hydrogen (secondary N) is 1. The Morgan fingerprint density at radius 1 is 1.30 bits per heavy atom. The quantitative estimate of drug-likeness (QED) is 0.821. The van der Waals surface area contributed by atoms with Gasteiger partial charge in [0.1, 0.15) is 10.8 Å². The highest BCUT2D eigenvalue weighted by molar-refractivity contribution is 7.99. The van der Waals surface area contributed by atoms with Crippen LogP contribution in [0.3, 0.4) is 0 Å². The predicted octanol–water partition coefficient (Wildman–Crippen LogP) is 4.35. The number of hydrogen-bond acceptors (Lipinski definition) is 4. The second-order valence-corrected chi connectivity index (χ2v) is 6.18. The van der Waals surface area contributed by atoms with Crippen LogP contribution in [0.4, 0.5) is 19.0 Å². The molecule has 1 aromatic rings. The molecule has 112 valence electrons. The minimum Gasteiger partial charge on any atom is -0.370 e. The summed E-state index contributed by atoms with van der Waals surface area (Å²) >= 11 is 1.44. The molecule has 0 amide bonds. The van der Waals surface area contributed by atoms with Gasteiger partial charge in [-0.1, -0.05) is 19.8 Å². The molecule has 1 aliphatic rings. The molecular formula is C13H18F3N3S. The Balaban J connectivity index is 2.19. The summed E-state index contributed by atoms with van der Waals surface area (Å²) in [5, 5.41) is 3.70. The summed E-state index contributed by atoms with van der Waals surface area (Å²) in [6.07, 6.45) is 0.721. The van der Waals surface area contributed by atoms with Crippen molar-refractivity contribution in [3.8, 4) is 0 Å². The van der Waals surface area contributed by atoms with Gasteiger partial charge in [-0.2, -0.15) is 13.2 Å². The highest BCUT2D eigenvalue weighted by atomic mass is 32.2. The first-order valence-corrected chi connectivity index (χ1v) is 7.74. The van der Waals surface area contributed by atoms with E-state index in [9.17, 15) is 13.2 Å². The second kappa shape index (κ2) is 6.65. The SMILES string of the molecule is CCCNc1cc(SC2CCCC2)nc(C(F)(F)F)n1. The third-order valence-corrected chi connectivity index (χ3v) is 4.36. The monoisotopic (exact) mass is 305 g/mol. The van der Waals surface area contributed by atoms with E-state index in [1.165, 1.54) is 11.8 Å². The van der Waals surface area contributed by atoms with Crippen LogP contribution in [-0.2, 0) is 6.18 Å². The van der Waals surface area contributed by atoms with Crippen molar-refractivity contribution in [1.82, 2.24) is 9.97 Å². The zero-order chi connectivity index (χ0) is 14.6. The summed E-state index contributed by atoms with van der Waals surface area (Å²) < 4.78 is 38.5. The van der Waals surface area contributed by atoms with Crippen LogP contribution in [0.25, 0.3) is 0 Å². The van der Waals surface area contributed by atoms with Crippen LogP contribution in [0.15, 0.2) is 11.1 Å². The summed E-state index contributed by atoms with van der Waals surface area (Å²) in [7, 11) is 0. The van der Waals surface area contributed by atoms with Gasteiger partial charge >= 0.3 is 6.18 Å². The lowest BCUT2D eigenvalue weighted by Gasteiger charge is -2.13. The Morgan fingerprint density at radius 2 is 2.00 bits per heavy atom. The molecule has 1 N–H and O–H groups in total. The zero-order valence-electron chi connectivity index (χ0n) is 11.3. The van der Waals surface area contributed by atoms with Gasteiger partial charge in [0.2, 0.25) is 5.82 Å². The summed E-state index contributed by atoms with van der Waals surface area (Å²) in [6, 6.07) is 1.62. The molecule has 0 atom stereocenters. The zero-order valence-corrected chi connectivity index (χ0v) is 12.2. The molecule has 3 nitrogen and oxygen atoms in total. The first-order valence-electron chi connectivity index (χ1n) is 6.86. The highest BCUT2D eigenvalue weighted by Gasteiger charge is 2.35. The van der Waals surface area contributed by atoms with Crippen LogP contribution in [-0.4, -0.2) is 21.8 Å². The molecule has 1 aliphatic carbocycles. The third kappa shape index (κ3) is 4.26. The Kier molecular flexibility index (Phi) is 5.12. The number of alkyl halides is 3. The normalized spacial score (nSPS) is 16.6. The molecule has 1 fully saturated rings. The fraction of sp³-hybridized carbons (Fsp3) is 0.692. The maximum atomic E-state index is 12.8. The molecular weight excluding hydrogens is 287 g/mol. The Morgan fingerprint density at radius 3 is 2.60 bits per heavy atom. The van der Waals surface area contributed by atoms with Gasteiger partial charge in [0.05, 0.1) is 0 Å². The van der Waals surface area contributed by atoms with Crippen molar-refractivity contribution in [2.24, 2.45) is 0 Å². The topological polar surface area (TPSA) is 37.8 Å². The molecule has 7 heteroatoms. The van der Waals surface area contributed by atoms with E-state index in [-0.39, 0.29) is 5.82 Å². The summed E-state index contributed by atoms with van der Waals surface area (Å²) in [6.45, 7) is 2.55. The Hall–Kier alpha value is -0.980. The smallest absolute Gasteiger partial charge is 0.370 e. The average Bonchev–Trinajstić information content (AvgIpc) is 2.88. The lowest BCUT2D eigenvalue weighted by atomic mass is 10.4. The molecule has 0 saturated heterocycles. The van der Waals surface area contributed by atoms with Gasteiger partial charge in [0.15, 0.2) is 0 Å². The standard InChI is InChI=1S/C13H18F3N3S/c1-2-7-17-10-8-11(20-9-5-3-4-6-9)19-12(18-10)13(14,15)16/h8-9H,2-7H2,1H3,(H,17,18,19). The largest absolute Gasteiger partial charge is 0.451 e. The predicted molar refractivity (Wildman–Crippen MR) is 73.9 cm³/mol. The highest BCUT2D eigenvalue weighted by Crippen LogP contribution is 2.36. The van der Waals surface area contributed by atoms with E-state index in [0.29, 0.717) is 16.8 Å². The fourth-order valence-corrected chi connectivity index (χ4v) is 3.36. The molecule has 0 unspecified atom stereocenters. The molecule has 1 heterocycles. The van der Waals surface area contributed by atoms with Gasteiger partial charge in [-0.15, -0.1) is 11.8 Å². The van der Waals surface area contributed by atoms with E-state index in [1.54, 1.807) is 6.07 Å². The van der Waals surface area contributed by atoms with Crippen LogP contribution in [0.2, 0.25) is 0 Å². The Labute approximate surface area is 120 Å². The van der Waals surface area contributed by atoms with Crippen molar-refractivity contribution in [3.05, 3.63) is 11.9 Å². The maximum absolute atomic E-state index is 12.8. The molecule has 0 radical (unpaired) electrons. The molecule has 0 aliphatic heterocycles.